The molecule has 1 atom stereocenters. The molecule has 1 N–H and O–H groups in total. The summed E-state index contributed by atoms with van der Waals surface area (Å²) in [7, 11) is 1.50. The molecule has 2 rings (SSSR count). The van der Waals surface area contributed by atoms with Gasteiger partial charge in [0.2, 0.25) is 0 Å². The Bertz CT molecular complexity index is 448. The Balaban J connectivity index is 1.89. The van der Waals surface area contributed by atoms with Crippen LogP contribution in [0, 0.1) is 5.82 Å². The number of piperazine rings is 1. The minimum atomic E-state index is -0.828. The van der Waals surface area contributed by atoms with Gasteiger partial charge in [0, 0.05) is 32.7 Å². The SMILES string of the molecule is CCN1CCN(CCC(O)c2c(F)cccc2OC)CC1. The van der Waals surface area contributed by atoms with E-state index in [4.69, 9.17) is 4.74 Å². The van der Waals surface area contributed by atoms with E-state index in [1.54, 1.807) is 12.1 Å². The van der Waals surface area contributed by atoms with Gasteiger partial charge in [-0.1, -0.05) is 13.0 Å². The summed E-state index contributed by atoms with van der Waals surface area (Å²) in [5.74, 6) is 0.0101. The average molecular weight is 296 g/mol. The third-order valence-electron chi connectivity index (χ3n) is 4.20. The minimum Gasteiger partial charge on any atom is -0.496 e. The maximum atomic E-state index is 13.9. The second kappa shape index (κ2) is 7.73. The largest absolute Gasteiger partial charge is 0.496 e. The van der Waals surface area contributed by atoms with Gasteiger partial charge >= 0.3 is 0 Å². The summed E-state index contributed by atoms with van der Waals surface area (Å²) in [6.07, 6.45) is -0.311. The molecule has 0 spiro atoms. The summed E-state index contributed by atoms with van der Waals surface area (Å²) in [6, 6.07) is 4.64. The summed E-state index contributed by atoms with van der Waals surface area (Å²) >= 11 is 0. The van der Waals surface area contributed by atoms with Crippen LogP contribution in [0.25, 0.3) is 0 Å². The Morgan fingerprint density at radius 1 is 1.24 bits per heavy atom. The normalized spacial score (nSPS) is 18.7. The average Bonchev–Trinajstić information content (AvgIpc) is 2.52. The van der Waals surface area contributed by atoms with Crippen molar-refractivity contribution in [3.8, 4) is 5.75 Å². The number of ether oxygens (including phenoxy) is 1. The molecular weight excluding hydrogens is 271 g/mol. The van der Waals surface area contributed by atoms with Crippen molar-refractivity contribution >= 4 is 0 Å². The highest BCUT2D eigenvalue weighted by molar-refractivity contribution is 5.36. The third kappa shape index (κ3) is 4.15. The molecule has 5 heteroatoms. The van der Waals surface area contributed by atoms with Crippen LogP contribution >= 0.6 is 0 Å². The zero-order valence-corrected chi connectivity index (χ0v) is 12.9. The molecule has 0 bridgehead atoms. The molecule has 1 aromatic rings. The first-order chi connectivity index (χ1) is 10.2. The summed E-state index contributed by atoms with van der Waals surface area (Å²) < 4.78 is 19.0. The van der Waals surface area contributed by atoms with Gasteiger partial charge in [-0.3, -0.25) is 0 Å². The molecule has 21 heavy (non-hydrogen) atoms. The van der Waals surface area contributed by atoms with E-state index >= 15 is 0 Å². The molecule has 1 aromatic carbocycles. The molecule has 4 nitrogen and oxygen atoms in total. The number of nitrogens with zero attached hydrogens (tertiary/aromatic N) is 2. The van der Waals surface area contributed by atoms with Crippen LogP contribution in [0.15, 0.2) is 18.2 Å². The predicted octanol–water partition coefficient (Wildman–Crippen LogP) is 1.90. The van der Waals surface area contributed by atoms with Crippen molar-refractivity contribution in [2.24, 2.45) is 0 Å². The van der Waals surface area contributed by atoms with E-state index in [0.29, 0.717) is 12.2 Å². The molecule has 118 valence electrons. The number of likely N-dealkylation sites (N-methyl/N-ethyl adjacent to an activating group) is 1. The predicted molar refractivity (Wildman–Crippen MR) is 81.1 cm³/mol. The van der Waals surface area contributed by atoms with Crippen LogP contribution in [0.3, 0.4) is 0 Å². The van der Waals surface area contributed by atoms with Gasteiger partial charge in [-0.2, -0.15) is 0 Å². The van der Waals surface area contributed by atoms with E-state index < -0.39 is 11.9 Å². The van der Waals surface area contributed by atoms with Gasteiger partial charge in [0.25, 0.3) is 0 Å². The Hall–Kier alpha value is -1.17. The van der Waals surface area contributed by atoms with Gasteiger partial charge in [0.1, 0.15) is 11.6 Å². The van der Waals surface area contributed by atoms with E-state index in [1.807, 2.05) is 0 Å². The molecule has 0 aliphatic carbocycles. The van der Waals surface area contributed by atoms with E-state index in [1.165, 1.54) is 13.2 Å². The zero-order valence-electron chi connectivity index (χ0n) is 12.9. The number of aliphatic hydroxyl groups excluding tert-OH is 1. The summed E-state index contributed by atoms with van der Waals surface area (Å²) in [4.78, 5) is 4.73. The number of hydrogen-bond acceptors (Lipinski definition) is 4. The quantitative estimate of drug-likeness (QED) is 0.870. The summed E-state index contributed by atoms with van der Waals surface area (Å²) in [5.41, 5.74) is 0.271. The maximum Gasteiger partial charge on any atom is 0.132 e. The van der Waals surface area contributed by atoms with Gasteiger partial charge in [-0.15, -0.1) is 0 Å². The summed E-state index contributed by atoms with van der Waals surface area (Å²) in [5, 5.41) is 10.3. The smallest absolute Gasteiger partial charge is 0.132 e. The van der Waals surface area contributed by atoms with E-state index in [0.717, 1.165) is 39.3 Å². The lowest BCUT2D eigenvalue weighted by Gasteiger charge is -2.34. The van der Waals surface area contributed by atoms with Crippen LogP contribution in [-0.4, -0.2) is 61.3 Å². The standard InChI is InChI=1S/C16H25FN2O2/c1-3-18-9-11-19(12-10-18)8-7-14(20)16-13(17)5-4-6-15(16)21-2/h4-6,14,20H,3,7-12H2,1-2H3. The fourth-order valence-corrected chi connectivity index (χ4v) is 2.80. The zero-order chi connectivity index (χ0) is 15.2. The molecule has 1 fully saturated rings. The molecule has 1 aliphatic rings. The van der Waals surface area contributed by atoms with Crippen LogP contribution in [0.5, 0.6) is 5.75 Å². The molecule has 0 saturated carbocycles. The van der Waals surface area contributed by atoms with Crippen molar-refractivity contribution in [2.75, 3.05) is 46.4 Å². The van der Waals surface area contributed by atoms with Gasteiger partial charge in [-0.25, -0.2) is 4.39 Å². The van der Waals surface area contributed by atoms with Gasteiger partial charge in [0.05, 0.1) is 18.8 Å². The Morgan fingerprint density at radius 2 is 1.90 bits per heavy atom. The molecule has 1 heterocycles. The third-order valence-corrected chi connectivity index (χ3v) is 4.20. The fraction of sp³-hybridized carbons (Fsp3) is 0.625. The van der Waals surface area contributed by atoms with E-state index in [2.05, 4.69) is 16.7 Å². The Kier molecular flexibility index (Phi) is 5.96. The number of halogens is 1. The van der Waals surface area contributed by atoms with Crippen LogP contribution in [0.1, 0.15) is 25.0 Å². The number of benzene rings is 1. The lowest BCUT2D eigenvalue weighted by atomic mass is 10.0. The molecular formula is C16H25FN2O2. The maximum absolute atomic E-state index is 13.9. The Morgan fingerprint density at radius 3 is 2.52 bits per heavy atom. The number of methoxy groups -OCH3 is 1. The van der Waals surface area contributed by atoms with E-state index in [-0.39, 0.29) is 5.56 Å². The number of hydrogen-bond donors (Lipinski definition) is 1. The molecule has 0 amide bonds. The van der Waals surface area contributed by atoms with Crippen LogP contribution < -0.4 is 4.74 Å². The number of aliphatic hydroxyl groups is 1. The fourth-order valence-electron chi connectivity index (χ4n) is 2.80. The Labute approximate surface area is 126 Å². The van der Waals surface area contributed by atoms with Crippen molar-refractivity contribution < 1.29 is 14.2 Å². The van der Waals surface area contributed by atoms with E-state index in [9.17, 15) is 9.50 Å². The highest BCUT2D eigenvalue weighted by Gasteiger charge is 2.21. The molecule has 1 saturated heterocycles. The van der Waals surface area contributed by atoms with Crippen molar-refractivity contribution in [3.05, 3.63) is 29.6 Å². The van der Waals surface area contributed by atoms with Crippen LogP contribution in [0.2, 0.25) is 0 Å². The highest BCUT2D eigenvalue weighted by atomic mass is 19.1. The molecule has 1 aliphatic heterocycles. The van der Waals surface area contributed by atoms with Crippen LogP contribution in [0.4, 0.5) is 4.39 Å². The van der Waals surface area contributed by atoms with Gasteiger partial charge in [-0.05, 0) is 25.1 Å². The summed E-state index contributed by atoms with van der Waals surface area (Å²) in [6.45, 7) is 8.18. The lowest BCUT2D eigenvalue weighted by molar-refractivity contribution is 0.102. The molecule has 0 radical (unpaired) electrons. The van der Waals surface area contributed by atoms with Crippen molar-refractivity contribution in [3.63, 3.8) is 0 Å². The monoisotopic (exact) mass is 296 g/mol. The van der Waals surface area contributed by atoms with Crippen molar-refractivity contribution in [1.82, 2.24) is 9.80 Å². The first-order valence-electron chi connectivity index (χ1n) is 7.60. The van der Waals surface area contributed by atoms with Crippen molar-refractivity contribution in [2.45, 2.75) is 19.4 Å². The second-order valence-electron chi connectivity index (χ2n) is 5.44. The second-order valence-corrected chi connectivity index (χ2v) is 5.44. The first kappa shape index (κ1) is 16.2. The number of rotatable bonds is 6. The molecule has 1 unspecified atom stereocenters. The van der Waals surface area contributed by atoms with Gasteiger partial charge < -0.3 is 19.6 Å². The minimum absolute atomic E-state index is 0.271. The lowest BCUT2D eigenvalue weighted by Crippen LogP contribution is -2.46. The first-order valence-corrected chi connectivity index (χ1v) is 7.60. The van der Waals surface area contributed by atoms with Crippen LogP contribution in [-0.2, 0) is 0 Å². The van der Waals surface area contributed by atoms with Gasteiger partial charge in [0.15, 0.2) is 0 Å². The molecule has 0 aromatic heterocycles. The topological polar surface area (TPSA) is 35.9 Å². The highest BCUT2D eigenvalue weighted by Crippen LogP contribution is 2.29. The van der Waals surface area contributed by atoms with Crippen molar-refractivity contribution in [1.29, 1.82) is 0 Å².